The number of nitrogens with one attached hydrogen (secondary N) is 2. The van der Waals surface area contributed by atoms with Crippen LogP contribution in [0.3, 0.4) is 0 Å². The molecule has 1 aliphatic rings. The average Bonchev–Trinajstić information content (AvgIpc) is 3.16. The van der Waals surface area contributed by atoms with Gasteiger partial charge in [0.25, 0.3) is 0 Å². The number of pyridine rings is 1. The van der Waals surface area contributed by atoms with E-state index in [-0.39, 0.29) is 0 Å². The number of H-pyrrole nitrogens is 1. The summed E-state index contributed by atoms with van der Waals surface area (Å²) in [5.41, 5.74) is 2.21. The lowest BCUT2D eigenvalue weighted by Crippen LogP contribution is -2.44. The van der Waals surface area contributed by atoms with Crippen LogP contribution in [0.2, 0.25) is 0 Å². The van der Waals surface area contributed by atoms with Crippen molar-refractivity contribution in [2.24, 2.45) is 0 Å². The van der Waals surface area contributed by atoms with Crippen LogP contribution in [0.5, 0.6) is 0 Å². The van der Waals surface area contributed by atoms with Crippen molar-refractivity contribution in [1.29, 1.82) is 0 Å². The molecule has 4 rings (SSSR count). The van der Waals surface area contributed by atoms with Crippen LogP contribution in [0, 0.1) is 0 Å². The first-order valence-corrected chi connectivity index (χ1v) is 8.47. The quantitative estimate of drug-likeness (QED) is 0.768. The normalized spacial score (nSPS) is 15.5. The predicted molar refractivity (Wildman–Crippen MR) is 101 cm³/mol. The fourth-order valence-corrected chi connectivity index (χ4v) is 3.10. The van der Waals surface area contributed by atoms with Gasteiger partial charge in [0.2, 0.25) is 0 Å². The zero-order valence-electron chi connectivity index (χ0n) is 14.4. The van der Waals surface area contributed by atoms with E-state index in [0.29, 0.717) is 0 Å². The van der Waals surface area contributed by atoms with Gasteiger partial charge in [0.15, 0.2) is 0 Å². The maximum Gasteiger partial charge on any atom is 0.131 e. The fourth-order valence-electron chi connectivity index (χ4n) is 3.10. The van der Waals surface area contributed by atoms with E-state index in [1.54, 1.807) is 0 Å². The van der Waals surface area contributed by atoms with Gasteiger partial charge in [0, 0.05) is 49.5 Å². The highest BCUT2D eigenvalue weighted by Gasteiger charge is 2.15. The molecule has 3 heterocycles. The van der Waals surface area contributed by atoms with Gasteiger partial charge in [-0.15, -0.1) is 0 Å². The molecule has 1 aromatic carbocycles. The number of hydrogen-bond acceptors (Lipinski definition) is 5. The number of rotatable bonds is 4. The van der Waals surface area contributed by atoms with Crippen LogP contribution in [-0.2, 0) is 0 Å². The molecule has 1 saturated heterocycles. The Morgan fingerprint density at radius 1 is 1.08 bits per heavy atom. The first kappa shape index (κ1) is 15.7. The Morgan fingerprint density at radius 2 is 1.92 bits per heavy atom. The van der Waals surface area contributed by atoms with Gasteiger partial charge in [-0.1, -0.05) is 18.7 Å². The van der Waals surface area contributed by atoms with E-state index < -0.39 is 0 Å². The molecule has 0 aliphatic carbocycles. The van der Waals surface area contributed by atoms with E-state index in [0.717, 1.165) is 59.7 Å². The third kappa shape index (κ3) is 3.34. The van der Waals surface area contributed by atoms with E-state index in [1.807, 2.05) is 18.6 Å². The number of piperazine rings is 1. The van der Waals surface area contributed by atoms with Gasteiger partial charge >= 0.3 is 0 Å². The number of likely N-dealkylation sites (N-methyl/N-ethyl adjacent to an activating group) is 1. The molecule has 0 saturated carbocycles. The maximum absolute atomic E-state index is 4.52. The summed E-state index contributed by atoms with van der Waals surface area (Å²) in [7, 11) is 2.15. The summed E-state index contributed by atoms with van der Waals surface area (Å²) in [5, 5.41) is 12.5. The first-order chi connectivity index (χ1) is 12.2. The van der Waals surface area contributed by atoms with Crippen LogP contribution in [0.25, 0.3) is 21.9 Å². The second-order valence-corrected chi connectivity index (χ2v) is 6.48. The second-order valence-electron chi connectivity index (χ2n) is 6.48. The minimum absolute atomic E-state index is 0.820. The zero-order valence-corrected chi connectivity index (χ0v) is 14.4. The van der Waals surface area contributed by atoms with Crippen molar-refractivity contribution in [3.05, 3.63) is 55.3 Å². The molecular formula is C19H22N6. The molecule has 6 heteroatoms. The van der Waals surface area contributed by atoms with Gasteiger partial charge in [-0.05, 0) is 30.1 Å². The third-order valence-electron chi connectivity index (χ3n) is 4.71. The molecule has 0 atom stereocenters. The summed E-state index contributed by atoms with van der Waals surface area (Å²) in [6.45, 7) is 8.27. The largest absolute Gasteiger partial charge is 0.356 e. The molecule has 3 aromatic rings. The van der Waals surface area contributed by atoms with Gasteiger partial charge in [-0.3, -0.25) is 5.10 Å². The van der Waals surface area contributed by atoms with Crippen LogP contribution < -0.4 is 5.32 Å². The first-order valence-electron chi connectivity index (χ1n) is 8.47. The molecular weight excluding hydrogens is 312 g/mol. The monoisotopic (exact) mass is 334 g/mol. The number of fused-ring (bicyclic) bond motifs is 1. The second kappa shape index (κ2) is 6.57. The smallest absolute Gasteiger partial charge is 0.131 e. The van der Waals surface area contributed by atoms with Crippen LogP contribution in [0.15, 0.2) is 55.3 Å². The van der Waals surface area contributed by atoms with Crippen LogP contribution in [0.4, 0.5) is 5.82 Å². The minimum atomic E-state index is 0.820. The van der Waals surface area contributed by atoms with Crippen molar-refractivity contribution in [3.63, 3.8) is 0 Å². The van der Waals surface area contributed by atoms with Gasteiger partial charge in [0.05, 0.1) is 12.0 Å². The molecule has 1 aliphatic heterocycles. The summed E-state index contributed by atoms with van der Waals surface area (Å²) in [4.78, 5) is 9.12. The van der Waals surface area contributed by atoms with Gasteiger partial charge in [0.1, 0.15) is 5.82 Å². The molecule has 0 spiro atoms. The number of anilines is 1. The number of aromatic nitrogens is 3. The highest BCUT2D eigenvalue weighted by atomic mass is 15.3. The molecule has 25 heavy (non-hydrogen) atoms. The van der Waals surface area contributed by atoms with Crippen molar-refractivity contribution >= 4 is 16.6 Å². The minimum Gasteiger partial charge on any atom is -0.356 e. The standard InChI is InChI=1S/C19H22N6/c1-14(25-7-5-24(2)6-8-25)23-19-10-17-9-15(18-12-21-22-13-18)3-4-16(17)11-20-19/h3-4,9-13H,1,5-8H2,2H3,(H,20,23)(H,21,22). The van der Waals surface area contributed by atoms with E-state index in [1.165, 1.54) is 0 Å². The van der Waals surface area contributed by atoms with E-state index >= 15 is 0 Å². The topological polar surface area (TPSA) is 60.1 Å². The lowest BCUT2D eigenvalue weighted by Gasteiger charge is -2.35. The SMILES string of the molecule is C=C(Nc1cc2cc(-c3cn[nH]c3)ccc2cn1)N1CCN(C)CC1. The summed E-state index contributed by atoms with van der Waals surface area (Å²) < 4.78 is 0. The lowest BCUT2D eigenvalue weighted by molar-refractivity contribution is 0.188. The highest BCUT2D eigenvalue weighted by molar-refractivity contribution is 5.88. The van der Waals surface area contributed by atoms with Crippen molar-refractivity contribution in [1.82, 2.24) is 25.0 Å². The molecule has 0 unspecified atom stereocenters. The maximum atomic E-state index is 4.52. The Hall–Kier alpha value is -2.86. The van der Waals surface area contributed by atoms with Gasteiger partial charge < -0.3 is 15.1 Å². The molecule has 0 bridgehead atoms. The molecule has 1 fully saturated rings. The Bertz CT molecular complexity index is 878. The molecule has 128 valence electrons. The molecule has 0 amide bonds. The van der Waals surface area contributed by atoms with Crippen molar-refractivity contribution < 1.29 is 0 Å². The van der Waals surface area contributed by atoms with Crippen LogP contribution >= 0.6 is 0 Å². The number of benzene rings is 1. The summed E-state index contributed by atoms with van der Waals surface area (Å²) in [6.07, 6.45) is 5.63. The molecule has 0 radical (unpaired) electrons. The summed E-state index contributed by atoms with van der Waals surface area (Å²) >= 11 is 0. The Morgan fingerprint density at radius 3 is 2.68 bits per heavy atom. The number of nitrogens with zero attached hydrogens (tertiary/aromatic N) is 4. The predicted octanol–water partition coefficient (Wildman–Crippen LogP) is 2.76. The van der Waals surface area contributed by atoms with E-state index in [9.17, 15) is 0 Å². The third-order valence-corrected chi connectivity index (χ3v) is 4.71. The fraction of sp³-hybridized carbons (Fsp3) is 0.263. The Labute approximate surface area is 147 Å². The Balaban J connectivity index is 1.54. The van der Waals surface area contributed by atoms with Crippen LogP contribution in [0.1, 0.15) is 0 Å². The van der Waals surface area contributed by atoms with Gasteiger partial charge in [-0.2, -0.15) is 5.10 Å². The molecule has 2 N–H and O–H groups in total. The summed E-state index contributed by atoms with van der Waals surface area (Å²) in [5.74, 6) is 1.73. The number of aromatic amines is 1. The summed E-state index contributed by atoms with van der Waals surface area (Å²) in [6, 6.07) is 8.40. The van der Waals surface area contributed by atoms with Crippen LogP contribution in [-0.4, -0.2) is 58.2 Å². The highest BCUT2D eigenvalue weighted by Crippen LogP contribution is 2.25. The van der Waals surface area contributed by atoms with Crippen molar-refractivity contribution in [3.8, 4) is 11.1 Å². The average molecular weight is 334 g/mol. The van der Waals surface area contributed by atoms with E-state index in [2.05, 4.69) is 68.2 Å². The Kier molecular flexibility index (Phi) is 4.11. The lowest BCUT2D eigenvalue weighted by atomic mass is 10.1. The zero-order chi connectivity index (χ0) is 17.2. The van der Waals surface area contributed by atoms with E-state index in [4.69, 9.17) is 0 Å². The van der Waals surface area contributed by atoms with Gasteiger partial charge in [-0.25, -0.2) is 4.98 Å². The number of hydrogen-bond donors (Lipinski definition) is 2. The van der Waals surface area contributed by atoms with Crippen molar-refractivity contribution in [2.45, 2.75) is 0 Å². The molecule has 2 aromatic heterocycles. The molecule has 6 nitrogen and oxygen atoms in total. The van der Waals surface area contributed by atoms with Crippen molar-refractivity contribution in [2.75, 3.05) is 38.5 Å².